The van der Waals surface area contributed by atoms with Gasteiger partial charge in [-0.1, -0.05) is 60.7 Å². The molecule has 0 aliphatic rings. The fourth-order valence-electron chi connectivity index (χ4n) is 3.03. The third kappa shape index (κ3) is 4.92. The molecular formula is C23H20N4OS. The smallest absolute Gasteiger partial charge is 0.273 e. The van der Waals surface area contributed by atoms with Crippen molar-refractivity contribution in [2.24, 2.45) is 0 Å². The van der Waals surface area contributed by atoms with Gasteiger partial charge in [-0.05, 0) is 17.5 Å². The topological polar surface area (TPSA) is 59.0 Å². The van der Waals surface area contributed by atoms with Gasteiger partial charge in [0.25, 0.3) is 5.91 Å². The lowest BCUT2D eigenvalue weighted by molar-refractivity contribution is 0.0740. The lowest BCUT2D eigenvalue weighted by Crippen LogP contribution is -2.32. The van der Waals surface area contributed by atoms with Gasteiger partial charge in [-0.2, -0.15) is 0 Å². The van der Waals surface area contributed by atoms with Crippen molar-refractivity contribution < 1.29 is 4.79 Å². The molecule has 0 aliphatic carbocycles. The summed E-state index contributed by atoms with van der Waals surface area (Å²) in [6, 6.07) is 20.2. The van der Waals surface area contributed by atoms with Crippen molar-refractivity contribution in [3.8, 4) is 10.7 Å². The van der Waals surface area contributed by atoms with Crippen molar-refractivity contribution in [2.45, 2.75) is 13.0 Å². The molecule has 0 saturated carbocycles. The van der Waals surface area contributed by atoms with E-state index in [0.29, 0.717) is 29.5 Å². The predicted octanol–water partition coefficient (Wildman–Crippen LogP) is 4.49. The highest BCUT2D eigenvalue weighted by Gasteiger charge is 2.20. The van der Waals surface area contributed by atoms with Gasteiger partial charge in [0, 0.05) is 30.9 Å². The van der Waals surface area contributed by atoms with Gasteiger partial charge < -0.3 is 4.90 Å². The highest BCUT2D eigenvalue weighted by molar-refractivity contribution is 7.13. The lowest BCUT2D eigenvalue weighted by atomic mass is 10.1. The molecule has 0 radical (unpaired) electrons. The van der Waals surface area contributed by atoms with Crippen LogP contribution in [0.3, 0.4) is 0 Å². The first-order valence-corrected chi connectivity index (χ1v) is 10.3. The summed E-state index contributed by atoms with van der Waals surface area (Å²) in [5, 5.41) is 2.50. The molecule has 4 rings (SSSR count). The van der Waals surface area contributed by atoms with Crippen LogP contribution in [0.15, 0.2) is 84.6 Å². The first kappa shape index (κ1) is 19.0. The largest absolute Gasteiger partial charge is 0.333 e. The number of thiazole rings is 1. The molecule has 0 saturated heterocycles. The molecule has 144 valence electrons. The number of benzene rings is 2. The Balaban J connectivity index is 1.54. The molecule has 5 nitrogen and oxygen atoms in total. The SMILES string of the molecule is O=C(c1csc(-c2cnccn2)n1)N(CCc1ccccc1)Cc1ccccc1. The number of hydrogen-bond acceptors (Lipinski definition) is 5. The Morgan fingerprint density at radius 1 is 0.931 bits per heavy atom. The van der Waals surface area contributed by atoms with Crippen LogP contribution in [0.25, 0.3) is 10.7 Å². The van der Waals surface area contributed by atoms with E-state index < -0.39 is 0 Å². The number of hydrogen-bond donors (Lipinski definition) is 0. The van der Waals surface area contributed by atoms with E-state index in [2.05, 4.69) is 27.1 Å². The summed E-state index contributed by atoms with van der Waals surface area (Å²) in [5.41, 5.74) is 3.42. The molecule has 2 aromatic carbocycles. The second kappa shape index (κ2) is 9.21. The maximum absolute atomic E-state index is 13.2. The van der Waals surface area contributed by atoms with Gasteiger partial charge >= 0.3 is 0 Å². The predicted molar refractivity (Wildman–Crippen MR) is 114 cm³/mol. The molecule has 0 spiro atoms. The zero-order chi connectivity index (χ0) is 19.9. The monoisotopic (exact) mass is 400 g/mol. The normalized spacial score (nSPS) is 10.6. The van der Waals surface area contributed by atoms with E-state index in [9.17, 15) is 4.79 Å². The number of amides is 1. The molecule has 0 N–H and O–H groups in total. The van der Waals surface area contributed by atoms with E-state index >= 15 is 0 Å². The van der Waals surface area contributed by atoms with E-state index in [-0.39, 0.29) is 5.91 Å². The van der Waals surface area contributed by atoms with Crippen LogP contribution in [0.2, 0.25) is 0 Å². The molecule has 0 atom stereocenters. The van der Waals surface area contributed by atoms with Crippen LogP contribution < -0.4 is 0 Å². The minimum atomic E-state index is -0.0730. The Kier molecular flexibility index (Phi) is 6.02. The van der Waals surface area contributed by atoms with Crippen LogP contribution in [-0.4, -0.2) is 32.3 Å². The van der Waals surface area contributed by atoms with E-state index in [4.69, 9.17) is 0 Å². The van der Waals surface area contributed by atoms with Crippen LogP contribution in [0.4, 0.5) is 0 Å². The van der Waals surface area contributed by atoms with Crippen molar-refractivity contribution in [3.05, 3.63) is 101 Å². The van der Waals surface area contributed by atoms with Crippen LogP contribution in [0.1, 0.15) is 21.6 Å². The fraction of sp³-hybridized carbons (Fsp3) is 0.130. The number of aromatic nitrogens is 3. The van der Waals surface area contributed by atoms with Crippen LogP contribution in [0, 0.1) is 0 Å². The molecule has 29 heavy (non-hydrogen) atoms. The van der Waals surface area contributed by atoms with Crippen molar-refractivity contribution >= 4 is 17.2 Å². The first-order valence-electron chi connectivity index (χ1n) is 9.38. The second-order valence-electron chi connectivity index (χ2n) is 6.58. The van der Waals surface area contributed by atoms with Gasteiger partial charge in [0.05, 0.1) is 6.20 Å². The van der Waals surface area contributed by atoms with Gasteiger partial charge in [-0.15, -0.1) is 11.3 Å². The average Bonchev–Trinajstić information content (AvgIpc) is 3.28. The molecule has 0 fully saturated rings. The quantitative estimate of drug-likeness (QED) is 0.459. The zero-order valence-corrected chi connectivity index (χ0v) is 16.6. The fourth-order valence-corrected chi connectivity index (χ4v) is 3.78. The number of rotatable bonds is 7. The molecule has 1 amide bonds. The molecule has 2 aromatic heterocycles. The Hall–Kier alpha value is -3.38. The average molecular weight is 401 g/mol. The van der Waals surface area contributed by atoms with Gasteiger partial charge in [-0.25, -0.2) is 4.98 Å². The third-order valence-electron chi connectivity index (χ3n) is 4.52. The van der Waals surface area contributed by atoms with Crippen LogP contribution in [-0.2, 0) is 13.0 Å². The van der Waals surface area contributed by atoms with Gasteiger partial charge in [0.1, 0.15) is 16.4 Å². The highest BCUT2D eigenvalue weighted by atomic mass is 32.1. The van der Waals surface area contributed by atoms with Crippen molar-refractivity contribution in [1.29, 1.82) is 0 Å². The number of carbonyl (C=O) groups excluding carboxylic acids is 1. The highest BCUT2D eigenvalue weighted by Crippen LogP contribution is 2.22. The van der Waals surface area contributed by atoms with E-state index in [1.807, 2.05) is 53.4 Å². The number of carbonyl (C=O) groups is 1. The van der Waals surface area contributed by atoms with E-state index in [1.54, 1.807) is 24.0 Å². The maximum atomic E-state index is 13.2. The molecule has 2 heterocycles. The molecule has 0 bridgehead atoms. The third-order valence-corrected chi connectivity index (χ3v) is 5.39. The molecule has 6 heteroatoms. The van der Waals surface area contributed by atoms with E-state index in [1.165, 1.54) is 16.9 Å². The van der Waals surface area contributed by atoms with Crippen molar-refractivity contribution in [2.75, 3.05) is 6.54 Å². The van der Waals surface area contributed by atoms with Gasteiger partial charge in [0.2, 0.25) is 0 Å². The molecule has 4 aromatic rings. The summed E-state index contributed by atoms with van der Waals surface area (Å²) in [7, 11) is 0. The summed E-state index contributed by atoms with van der Waals surface area (Å²) in [4.78, 5) is 28.0. The standard InChI is InChI=1S/C23H20N4OS/c28-23(21-17-29-22(26-21)20-15-24-12-13-25-20)27(16-19-9-5-2-6-10-19)14-11-18-7-3-1-4-8-18/h1-10,12-13,15,17H,11,14,16H2. The first-order chi connectivity index (χ1) is 14.3. The Bertz CT molecular complexity index is 1050. The molecule has 0 unspecified atom stereocenters. The maximum Gasteiger partial charge on any atom is 0.273 e. The summed E-state index contributed by atoms with van der Waals surface area (Å²) in [5.74, 6) is -0.0730. The molecule has 0 aliphatic heterocycles. The number of nitrogens with zero attached hydrogens (tertiary/aromatic N) is 4. The Morgan fingerprint density at radius 2 is 1.66 bits per heavy atom. The van der Waals surface area contributed by atoms with Gasteiger partial charge in [-0.3, -0.25) is 14.8 Å². The summed E-state index contributed by atoms with van der Waals surface area (Å²) in [6.07, 6.45) is 5.69. The van der Waals surface area contributed by atoms with Crippen LogP contribution in [0.5, 0.6) is 0 Å². The molecular weight excluding hydrogens is 380 g/mol. The van der Waals surface area contributed by atoms with Crippen molar-refractivity contribution in [1.82, 2.24) is 19.9 Å². The second-order valence-corrected chi connectivity index (χ2v) is 7.43. The summed E-state index contributed by atoms with van der Waals surface area (Å²) >= 11 is 1.41. The minimum absolute atomic E-state index is 0.0730. The van der Waals surface area contributed by atoms with Gasteiger partial charge in [0.15, 0.2) is 0 Å². The van der Waals surface area contributed by atoms with Crippen molar-refractivity contribution in [3.63, 3.8) is 0 Å². The van der Waals surface area contributed by atoms with E-state index in [0.717, 1.165) is 12.0 Å². The lowest BCUT2D eigenvalue weighted by Gasteiger charge is -2.22. The minimum Gasteiger partial charge on any atom is -0.333 e. The Morgan fingerprint density at radius 3 is 2.34 bits per heavy atom. The summed E-state index contributed by atoms with van der Waals surface area (Å²) < 4.78 is 0. The summed E-state index contributed by atoms with van der Waals surface area (Å²) in [6.45, 7) is 1.17. The zero-order valence-electron chi connectivity index (χ0n) is 15.8. The van der Waals surface area contributed by atoms with Crippen LogP contribution >= 0.6 is 11.3 Å². The Labute approximate surface area is 173 Å².